The molecule has 0 aliphatic heterocycles. The second kappa shape index (κ2) is 4.88. The van der Waals surface area contributed by atoms with Crippen molar-refractivity contribution in [3.8, 4) is 21.9 Å². The summed E-state index contributed by atoms with van der Waals surface area (Å²) >= 11 is 1.50. The highest BCUT2D eigenvalue weighted by molar-refractivity contribution is 7.21. The van der Waals surface area contributed by atoms with Crippen LogP contribution in [0.15, 0.2) is 41.3 Å². The van der Waals surface area contributed by atoms with Crippen LogP contribution in [-0.4, -0.2) is 20.1 Å². The highest BCUT2D eigenvalue weighted by Gasteiger charge is 2.13. The molecule has 0 aliphatic rings. The Morgan fingerprint density at radius 2 is 2.09 bits per heavy atom. The first kappa shape index (κ1) is 12.9. The maximum Gasteiger partial charge on any atom is 0.166 e. The highest BCUT2D eigenvalue weighted by atomic mass is 32.1. The molecular formula is C15H11N5OS. The van der Waals surface area contributed by atoms with Crippen LogP contribution in [0.1, 0.15) is 5.56 Å². The molecule has 0 amide bonds. The molecule has 7 heteroatoms. The molecule has 0 saturated carbocycles. The van der Waals surface area contributed by atoms with E-state index in [9.17, 15) is 0 Å². The van der Waals surface area contributed by atoms with E-state index in [2.05, 4.69) is 20.1 Å². The Bertz CT molecular complexity index is 961. The van der Waals surface area contributed by atoms with E-state index in [0.717, 1.165) is 32.3 Å². The van der Waals surface area contributed by atoms with Crippen molar-refractivity contribution < 1.29 is 4.52 Å². The maximum absolute atomic E-state index is 5.86. The fraction of sp³-hybridized carbons (Fsp3) is 0.0667. The van der Waals surface area contributed by atoms with Gasteiger partial charge in [0.05, 0.1) is 6.20 Å². The molecule has 0 bridgehead atoms. The number of nitrogen functional groups attached to an aromatic ring is 1. The van der Waals surface area contributed by atoms with E-state index < -0.39 is 0 Å². The van der Waals surface area contributed by atoms with Crippen LogP contribution in [0.2, 0.25) is 0 Å². The SMILES string of the molecule is Cc1ccc(-c2ccno2)cc1-c1nc2c(N)ncnc2s1. The Morgan fingerprint density at radius 3 is 2.86 bits per heavy atom. The number of aryl methyl sites for hydroxylation is 1. The summed E-state index contributed by atoms with van der Waals surface area (Å²) < 4.78 is 5.22. The highest BCUT2D eigenvalue weighted by Crippen LogP contribution is 2.34. The third kappa shape index (κ3) is 2.03. The summed E-state index contributed by atoms with van der Waals surface area (Å²) in [6.45, 7) is 2.04. The van der Waals surface area contributed by atoms with Gasteiger partial charge in [-0.25, -0.2) is 15.0 Å². The van der Waals surface area contributed by atoms with Crippen molar-refractivity contribution in [1.29, 1.82) is 0 Å². The average molecular weight is 309 g/mol. The molecule has 3 aromatic heterocycles. The number of nitrogens with two attached hydrogens (primary N) is 1. The van der Waals surface area contributed by atoms with E-state index >= 15 is 0 Å². The molecule has 1 aromatic carbocycles. The zero-order chi connectivity index (χ0) is 15.1. The number of thiazole rings is 1. The van der Waals surface area contributed by atoms with Gasteiger partial charge >= 0.3 is 0 Å². The molecule has 4 aromatic rings. The predicted molar refractivity (Wildman–Crippen MR) is 85.3 cm³/mol. The molecule has 0 radical (unpaired) electrons. The number of benzene rings is 1. The Morgan fingerprint density at radius 1 is 1.18 bits per heavy atom. The van der Waals surface area contributed by atoms with Gasteiger partial charge in [0.2, 0.25) is 0 Å². The predicted octanol–water partition coefficient (Wildman–Crippen LogP) is 3.30. The minimum atomic E-state index is 0.400. The summed E-state index contributed by atoms with van der Waals surface area (Å²) in [6.07, 6.45) is 3.08. The molecule has 0 spiro atoms. The number of anilines is 1. The molecule has 22 heavy (non-hydrogen) atoms. The molecule has 0 saturated heterocycles. The molecule has 6 nitrogen and oxygen atoms in total. The van der Waals surface area contributed by atoms with Crippen molar-refractivity contribution >= 4 is 27.5 Å². The van der Waals surface area contributed by atoms with Gasteiger partial charge in [-0.05, 0) is 18.6 Å². The molecule has 108 valence electrons. The molecule has 2 N–H and O–H groups in total. The van der Waals surface area contributed by atoms with Crippen molar-refractivity contribution in [2.45, 2.75) is 6.92 Å². The Labute approximate surface area is 129 Å². The van der Waals surface area contributed by atoms with E-state index in [1.165, 1.54) is 17.7 Å². The summed E-state index contributed by atoms with van der Waals surface area (Å²) in [5, 5.41) is 4.61. The lowest BCUT2D eigenvalue weighted by molar-refractivity contribution is 0.432. The van der Waals surface area contributed by atoms with Crippen LogP contribution in [0.5, 0.6) is 0 Å². The Kier molecular flexibility index (Phi) is 2.87. The van der Waals surface area contributed by atoms with Gasteiger partial charge in [0.15, 0.2) is 11.6 Å². The van der Waals surface area contributed by atoms with Crippen LogP contribution in [0, 0.1) is 6.92 Å². The second-order valence-electron chi connectivity index (χ2n) is 4.84. The number of aromatic nitrogens is 4. The zero-order valence-corrected chi connectivity index (χ0v) is 12.5. The minimum absolute atomic E-state index is 0.400. The lowest BCUT2D eigenvalue weighted by atomic mass is 10.0. The third-order valence-electron chi connectivity index (χ3n) is 3.41. The van der Waals surface area contributed by atoms with E-state index in [1.807, 2.05) is 31.2 Å². The van der Waals surface area contributed by atoms with Crippen LogP contribution in [0.4, 0.5) is 5.82 Å². The molecule has 4 rings (SSSR count). The summed E-state index contributed by atoms with van der Waals surface area (Å²) in [6, 6.07) is 7.91. The van der Waals surface area contributed by atoms with Crippen LogP contribution in [-0.2, 0) is 0 Å². The van der Waals surface area contributed by atoms with Gasteiger partial charge in [-0.3, -0.25) is 0 Å². The van der Waals surface area contributed by atoms with Gasteiger partial charge in [-0.2, -0.15) is 0 Å². The lowest BCUT2D eigenvalue weighted by Gasteiger charge is -2.04. The molecule has 3 heterocycles. The first-order valence-electron chi connectivity index (χ1n) is 6.61. The fourth-order valence-electron chi connectivity index (χ4n) is 2.26. The summed E-state index contributed by atoms with van der Waals surface area (Å²) in [5.74, 6) is 1.12. The molecule has 0 unspecified atom stereocenters. The molecule has 0 atom stereocenters. The number of fused-ring (bicyclic) bond motifs is 1. The Hall–Kier alpha value is -2.80. The van der Waals surface area contributed by atoms with E-state index in [-0.39, 0.29) is 0 Å². The van der Waals surface area contributed by atoms with Crippen LogP contribution in [0.25, 0.3) is 32.2 Å². The molecule has 0 fully saturated rings. The van der Waals surface area contributed by atoms with Crippen LogP contribution < -0.4 is 5.73 Å². The van der Waals surface area contributed by atoms with Crippen LogP contribution in [0.3, 0.4) is 0 Å². The van der Waals surface area contributed by atoms with Crippen molar-refractivity contribution in [2.24, 2.45) is 0 Å². The summed E-state index contributed by atoms with van der Waals surface area (Å²) in [5.41, 5.74) is 9.61. The van der Waals surface area contributed by atoms with Gasteiger partial charge in [-0.1, -0.05) is 28.6 Å². The number of nitrogens with zero attached hydrogens (tertiary/aromatic N) is 4. The second-order valence-corrected chi connectivity index (χ2v) is 5.82. The minimum Gasteiger partial charge on any atom is -0.382 e. The quantitative estimate of drug-likeness (QED) is 0.611. The number of hydrogen-bond donors (Lipinski definition) is 1. The van der Waals surface area contributed by atoms with Gasteiger partial charge < -0.3 is 10.3 Å². The van der Waals surface area contributed by atoms with E-state index in [4.69, 9.17) is 10.3 Å². The van der Waals surface area contributed by atoms with Gasteiger partial charge in [-0.15, -0.1) is 0 Å². The van der Waals surface area contributed by atoms with Gasteiger partial charge in [0.25, 0.3) is 0 Å². The monoisotopic (exact) mass is 309 g/mol. The first-order valence-corrected chi connectivity index (χ1v) is 7.43. The number of hydrogen-bond acceptors (Lipinski definition) is 7. The van der Waals surface area contributed by atoms with Crippen molar-refractivity contribution in [2.75, 3.05) is 5.73 Å². The normalized spacial score (nSPS) is 11.1. The molecule has 0 aliphatic carbocycles. The van der Waals surface area contributed by atoms with Crippen molar-refractivity contribution in [3.05, 3.63) is 42.4 Å². The molecular weight excluding hydrogens is 298 g/mol. The topological polar surface area (TPSA) is 90.7 Å². The van der Waals surface area contributed by atoms with Crippen molar-refractivity contribution in [1.82, 2.24) is 20.1 Å². The van der Waals surface area contributed by atoms with Gasteiger partial charge in [0, 0.05) is 17.2 Å². The van der Waals surface area contributed by atoms with Crippen LogP contribution >= 0.6 is 11.3 Å². The number of rotatable bonds is 2. The maximum atomic E-state index is 5.86. The largest absolute Gasteiger partial charge is 0.382 e. The summed E-state index contributed by atoms with van der Waals surface area (Å²) in [4.78, 5) is 13.6. The van der Waals surface area contributed by atoms with E-state index in [1.54, 1.807) is 6.20 Å². The average Bonchev–Trinajstić information content (AvgIpc) is 3.17. The Balaban J connectivity index is 1.90. The van der Waals surface area contributed by atoms with Gasteiger partial charge in [0.1, 0.15) is 21.7 Å². The van der Waals surface area contributed by atoms with Crippen molar-refractivity contribution in [3.63, 3.8) is 0 Å². The van der Waals surface area contributed by atoms with E-state index in [0.29, 0.717) is 11.3 Å². The standard InChI is InChI=1S/C15H11N5OS/c1-8-2-3-9(11-4-5-19-21-11)6-10(8)14-20-12-13(16)17-7-18-15(12)22-14/h2-7H,1H3,(H2,16,17,18). The third-order valence-corrected chi connectivity index (χ3v) is 4.41. The fourth-order valence-corrected chi connectivity index (χ4v) is 3.25. The summed E-state index contributed by atoms with van der Waals surface area (Å²) in [7, 11) is 0. The smallest absolute Gasteiger partial charge is 0.166 e. The first-order chi connectivity index (χ1) is 10.7. The zero-order valence-electron chi connectivity index (χ0n) is 11.6. The lowest BCUT2D eigenvalue weighted by Crippen LogP contribution is -1.91.